The molecule has 4 nitrogen and oxygen atoms in total. The van der Waals surface area contributed by atoms with E-state index in [4.69, 9.17) is 9.47 Å². The van der Waals surface area contributed by atoms with Crippen molar-refractivity contribution < 1.29 is 22.6 Å². The highest BCUT2D eigenvalue weighted by Crippen LogP contribution is 2.35. The number of ether oxygens (including phenoxy) is 2. The highest BCUT2D eigenvalue weighted by Gasteiger charge is 2.30. The van der Waals surface area contributed by atoms with Crippen LogP contribution in [0.2, 0.25) is 0 Å². The summed E-state index contributed by atoms with van der Waals surface area (Å²) in [5.74, 6) is 0.631. The van der Waals surface area contributed by atoms with Crippen LogP contribution in [0.25, 0.3) is 21.9 Å². The predicted octanol–water partition coefficient (Wildman–Crippen LogP) is 5.71. The van der Waals surface area contributed by atoms with Crippen LogP contribution in [0.5, 0.6) is 0 Å². The Hall–Kier alpha value is -2.16. The third kappa shape index (κ3) is 4.45. The van der Waals surface area contributed by atoms with Gasteiger partial charge in [0.15, 0.2) is 6.29 Å². The second-order valence-electron chi connectivity index (χ2n) is 6.07. The van der Waals surface area contributed by atoms with Gasteiger partial charge in [0.05, 0.1) is 12.1 Å². The number of rotatable bonds is 6. The van der Waals surface area contributed by atoms with E-state index in [2.05, 4.69) is 26.2 Å². The van der Waals surface area contributed by atoms with Gasteiger partial charge in [-0.3, -0.25) is 0 Å². The molecule has 0 bridgehead atoms. The number of nitrogens with zero attached hydrogens (tertiary/aromatic N) is 1. The molecule has 1 aromatic heterocycles. The third-order valence-electron chi connectivity index (χ3n) is 4.33. The van der Waals surface area contributed by atoms with Gasteiger partial charge in [0.25, 0.3) is 0 Å². The number of alkyl halides is 3. The molecule has 0 unspecified atom stereocenters. The first-order valence-corrected chi connectivity index (χ1v) is 9.18. The van der Waals surface area contributed by atoms with Crippen LogP contribution in [0.4, 0.5) is 19.0 Å². The molecular formula is C20H18BrF3N2O2. The number of pyridine rings is 1. The van der Waals surface area contributed by atoms with Gasteiger partial charge >= 0.3 is 6.18 Å². The van der Waals surface area contributed by atoms with Crippen molar-refractivity contribution in [2.75, 3.05) is 26.1 Å². The summed E-state index contributed by atoms with van der Waals surface area (Å²) in [6, 6.07) is 10.8. The van der Waals surface area contributed by atoms with Gasteiger partial charge in [-0.25, -0.2) is 4.98 Å². The normalized spacial score (nSPS) is 12.0. The van der Waals surface area contributed by atoms with Crippen LogP contribution < -0.4 is 5.32 Å². The summed E-state index contributed by atoms with van der Waals surface area (Å²) in [7, 11) is 3.09. The summed E-state index contributed by atoms with van der Waals surface area (Å²) in [5.41, 5.74) is 0.725. The summed E-state index contributed by atoms with van der Waals surface area (Å²) in [6.07, 6.45) is -3.15. The first-order chi connectivity index (χ1) is 13.3. The van der Waals surface area contributed by atoms with Gasteiger partial charge in [-0.2, -0.15) is 13.2 Å². The monoisotopic (exact) mass is 454 g/mol. The number of hydrogen-bond acceptors (Lipinski definition) is 4. The van der Waals surface area contributed by atoms with Crippen molar-refractivity contribution in [2.24, 2.45) is 0 Å². The fraction of sp³-hybridized carbons (Fsp3) is 0.250. The highest BCUT2D eigenvalue weighted by atomic mass is 79.9. The van der Waals surface area contributed by atoms with Crippen molar-refractivity contribution in [2.45, 2.75) is 12.5 Å². The number of anilines is 1. The SMILES string of the molecule is COC(CNc1ncc(-c2ccc(C(F)(F)F)cc2)c2ccc(Br)cc12)OC. The zero-order valence-electron chi connectivity index (χ0n) is 15.2. The Bertz CT molecular complexity index is 958. The molecule has 0 radical (unpaired) electrons. The van der Waals surface area contributed by atoms with E-state index in [1.807, 2.05) is 18.2 Å². The van der Waals surface area contributed by atoms with Crippen molar-refractivity contribution >= 4 is 32.5 Å². The van der Waals surface area contributed by atoms with Gasteiger partial charge in [0, 0.05) is 35.8 Å². The zero-order chi connectivity index (χ0) is 20.3. The molecule has 148 valence electrons. The molecule has 3 aromatic rings. The number of nitrogens with one attached hydrogen (secondary N) is 1. The first-order valence-electron chi connectivity index (χ1n) is 8.39. The Labute approximate surface area is 168 Å². The van der Waals surface area contributed by atoms with Crippen LogP contribution in [0.1, 0.15) is 5.56 Å². The number of halogens is 4. The molecule has 0 aliphatic carbocycles. The molecule has 0 spiro atoms. The second kappa shape index (κ2) is 8.46. The van der Waals surface area contributed by atoms with Crippen molar-refractivity contribution in [1.82, 2.24) is 4.98 Å². The molecule has 2 aromatic carbocycles. The Balaban J connectivity index is 2.02. The highest BCUT2D eigenvalue weighted by molar-refractivity contribution is 9.10. The Morgan fingerprint density at radius 1 is 1.04 bits per heavy atom. The van der Waals surface area contributed by atoms with Crippen LogP contribution in [-0.4, -0.2) is 32.0 Å². The average molecular weight is 455 g/mol. The topological polar surface area (TPSA) is 43.4 Å². The van der Waals surface area contributed by atoms with Gasteiger partial charge in [-0.05, 0) is 35.2 Å². The summed E-state index contributed by atoms with van der Waals surface area (Å²) < 4.78 is 49.7. The molecule has 0 saturated carbocycles. The minimum Gasteiger partial charge on any atom is -0.364 e. The predicted molar refractivity (Wildman–Crippen MR) is 106 cm³/mol. The molecule has 0 fully saturated rings. The summed E-state index contributed by atoms with van der Waals surface area (Å²) >= 11 is 3.46. The standard InChI is InChI=1S/C20H18BrF3N2O2/c1-27-18(28-2)11-26-19-16-9-14(21)7-8-15(16)17(10-25-19)12-3-5-13(6-4-12)20(22,23)24/h3-10,18H,11H2,1-2H3,(H,25,26). The van der Waals surface area contributed by atoms with E-state index in [-0.39, 0.29) is 0 Å². The number of benzene rings is 2. The molecule has 0 saturated heterocycles. The molecule has 1 heterocycles. The van der Waals surface area contributed by atoms with Crippen LogP contribution in [0.3, 0.4) is 0 Å². The van der Waals surface area contributed by atoms with Crippen molar-refractivity contribution in [3.05, 3.63) is 58.7 Å². The Morgan fingerprint density at radius 2 is 1.71 bits per heavy atom. The van der Waals surface area contributed by atoms with Crippen LogP contribution in [0.15, 0.2) is 53.1 Å². The largest absolute Gasteiger partial charge is 0.416 e. The van der Waals surface area contributed by atoms with E-state index < -0.39 is 18.0 Å². The summed E-state index contributed by atoms with van der Waals surface area (Å²) in [5, 5.41) is 4.89. The maximum absolute atomic E-state index is 12.8. The van der Waals surface area contributed by atoms with Crippen LogP contribution in [-0.2, 0) is 15.7 Å². The lowest BCUT2D eigenvalue weighted by Gasteiger charge is -2.17. The van der Waals surface area contributed by atoms with Gasteiger partial charge < -0.3 is 14.8 Å². The van der Waals surface area contributed by atoms with E-state index in [0.29, 0.717) is 17.9 Å². The van der Waals surface area contributed by atoms with Gasteiger partial charge in [0.2, 0.25) is 0 Å². The molecule has 28 heavy (non-hydrogen) atoms. The lowest BCUT2D eigenvalue weighted by Crippen LogP contribution is -2.24. The number of fused-ring (bicyclic) bond motifs is 1. The number of aromatic nitrogens is 1. The van der Waals surface area contributed by atoms with Crippen molar-refractivity contribution in [1.29, 1.82) is 0 Å². The fourth-order valence-electron chi connectivity index (χ4n) is 2.87. The maximum atomic E-state index is 12.8. The molecule has 0 atom stereocenters. The quantitative estimate of drug-likeness (QED) is 0.484. The van der Waals surface area contributed by atoms with E-state index in [1.165, 1.54) is 12.1 Å². The Morgan fingerprint density at radius 3 is 2.32 bits per heavy atom. The fourth-order valence-corrected chi connectivity index (χ4v) is 3.23. The molecule has 0 aliphatic heterocycles. The lowest BCUT2D eigenvalue weighted by molar-refractivity contribution is -0.137. The van der Waals surface area contributed by atoms with Gasteiger partial charge in [-0.1, -0.05) is 34.1 Å². The molecular weight excluding hydrogens is 437 g/mol. The van der Waals surface area contributed by atoms with E-state index >= 15 is 0 Å². The van der Waals surface area contributed by atoms with Crippen LogP contribution >= 0.6 is 15.9 Å². The van der Waals surface area contributed by atoms with Gasteiger partial charge in [-0.15, -0.1) is 0 Å². The molecule has 0 aliphatic rings. The minimum atomic E-state index is -4.36. The number of hydrogen-bond donors (Lipinski definition) is 1. The minimum absolute atomic E-state index is 0.390. The van der Waals surface area contributed by atoms with E-state index in [1.54, 1.807) is 20.4 Å². The molecule has 1 N–H and O–H groups in total. The van der Waals surface area contributed by atoms with E-state index in [9.17, 15) is 13.2 Å². The molecule has 0 amide bonds. The third-order valence-corrected chi connectivity index (χ3v) is 4.83. The average Bonchev–Trinajstić information content (AvgIpc) is 2.68. The smallest absolute Gasteiger partial charge is 0.364 e. The molecule has 3 rings (SSSR count). The van der Waals surface area contributed by atoms with Crippen molar-refractivity contribution in [3.63, 3.8) is 0 Å². The zero-order valence-corrected chi connectivity index (χ0v) is 16.8. The second-order valence-corrected chi connectivity index (χ2v) is 6.98. The van der Waals surface area contributed by atoms with E-state index in [0.717, 1.165) is 32.9 Å². The Kier molecular flexibility index (Phi) is 6.22. The summed E-state index contributed by atoms with van der Waals surface area (Å²) in [4.78, 5) is 4.47. The van der Waals surface area contributed by atoms with Crippen molar-refractivity contribution in [3.8, 4) is 11.1 Å². The summed E-state index contributed by atoms with van der Waals surface area (Å²) in [6.45, 7) is 0.390. The first kappa shape index (κ1) is 20.6. The maximum Gasteiger partial charge on any atom is 0.416 e. The number of methoxy groups -OCH3 is 2. The lowest BCUT2D eigenvalue weighted by atomic mass is 9.99. The van der Waals surface area contributed by atoms with Crippen LogP contribution in [0, 0.1) is 0 Å². The van der Waals surface area contributed by atoms with Gasteiger partial charge in [0.1, 0.15) is 5.82 Å². The molecule has 8 heteroatoms.